The molecule has 1 N–H and O–H groups in total. The average Bonchev–Trinajstić information content (AvgIpc) is 2.81. The van der Waals surface area contributed by atoms with Gasteiger partial charge in [0.15, 0.2) is 0 Å². The van der Waals surface area contributed by atoms with Crippen molar-refractivity contribution in [3.8, 4) is 0 Å². The average molecular weight is 253 g/mol. The van der Waals surface area contributed by atoms with Crippen LogP contribution >= 0.6 is 0 Å². The first-order valence-electron chi connectivity index (χ1n) is 6.96. The van der Waals surface area contributed by atoms with Crippen molar-refractivity contribution >= 4 is 0 Å². The van der Waals surface area contributed by atoms with Crippen LogP contribution in [0.3, 0.4) is 0 Å². The molecule has 0 radical (unpaired) electrons. The minimum Gasteiger partial charge on any atom is -0.309 e. The molecule has 0 aliphatic rings. The van der Waals surface area contributed by atoms with Crippen LogP contribution in [0.15, 0.2) is 6.33 Å². The van der Waals surface area contributed by atoms with Crippen molar-refractivity contribution in [3.63, 3.8) is 0 Å². The fourth-order valence-corrected chi connectivity index (χ4v) is 1.81. The fraction of sp³-hybridized carbons (Fsp3) is 0.846. The summed E-state index contributed by atoms with van der Waals surface area (Å²) < 4.78 is 1.98. The number of hydrogen-bond donors (Lipinski definition) is 1. The number of likely N-dealkylation sites (N-methyl/N-ethyl adjacent to an activating group) is 1. The number of aryl methyl sites for hydroxylation is 1. The van der Waals surface area contributed by atoms with Gasteiger partial charge in [-0.3, -0.25) is 0 Å². The number of nitrogens with one attached hydrogen (secondary N) is 1. The standard InChI is InChI=1S/C13H27N5/c1-5-8-18-13(15-11-16-18)10-14-7-9-17(4)12(3)6-2/h11-12,14H,5-10H2,1-4H3. The van der Waals surface area contributed by atoms with Crippen LogP contribution < -0.4 is 5.32 Å². The predicted octanol–water partition coefficient (Wildman–Crippen LogP) is 1.51. The molecule has 0 aromatic carbocycles. The Hall–Kier alpha value is -0.940. The Labute approximate surface area is 111 Å². The molecule has 0 saturated heterocycles. The molecule has 0 amide bonds. The van der Waals surface area contributed by atoms with Crippen molar-refractivity contribution in [1.82, 2.24) is 25.0 Å². The number of nitrogens with zero attached hydrogens (tertiary/aromatic N) is 4. The molecule has 1 aromatic heterocycles. The summed E-state index contributed by atoms with van der Waals surface area (Å²) in [6, 6.07) is 0.649. The smallest absolute Gasteiger partial charge is 0.140 e. The third-order valence-corrected chi connectivity index (χ3v) is 3.40. The highest BCUT2D eigenvalue weighted by atomic mass is 15.3. The molecule has 0 bridgehead atoms. The van der Waals surface area contributed by atoms with E-state index < -0.39 is 0 Å². The van der Waals surface area contributed by atoms with Crippen molar-refractivity contribution in [1.29, 1.82) is 0 Å². The Kier molecular flexibility index (Phi) is 6.90. The van der Waals surface area contributed by atoms with Gasteiger partial charge in [-0.2, -0.15) is 5.10 Å². The maximum atomic E-state index is 4.28. The molecule has 0 spiro atoms. The third-order valence-electron chi connectivity index (χ3n) is 3.40. The van der Waals surface area contributed by atoms with Crippen molar-refractivity contribution in [3.05, 3.63) is 12.2 Å². The topological polar surface area (TPSA) is 46.0 Å². The zero-order valence-corrected chi connectivity index (χ0v) is 12.2. The molecular weight excluding hydrogens is 226 g/mol. The Morgan fingerprint density at radius 3 is 2.89 bits per heavy atom. The first-order valence-corrected chi connectivity index (χ1v) is 6.96. The first kappa shape index (κ1) is 15.1. The molecule has 1 heterocycles. The monoisotopic (exact) mass is 253 g/mol. The van der Waals surface area contributed by atoms with Crippen LogP contribution in [0, 0.1) is 0 Å². The van der Waals surface area contributed by atoms with E-state index in [1.165, 1.54) is 6.42 Å². The second kappa shape index (κ2) is 8.21. The number of aromatic nitrogens is 3. The molecule has 1 unspecified atom stereocenters. The van der Waals surface area contributed by atoms with Gasteiger partial charge < -0.3 is 10.2 Å². The Bertz CT molecular complexity index is 323. The van der Waals surface area contributed by atoms with Gasteiger partial charge in [0.1, 0.15) is 12.2 Å². The number of hydrogen-bond acceptors (Lipinski definition) is 4. The van der Waals surface area contributed by atoms with E-state index in [0.717, 1.165) is 38.4 Å². The van der Waals surface area contributed by atoms with Gasteiger partial charge in [-0.25, -0.2) is 9.67 Å². The SMILES string of the molecule is CCCn1ncnc1CNCCN(C)C(C)CC. The molecule has 5 nitrogen and oxygen atoms in total. The second-order valence-corrected chi connectivity index (χ2v) is 4.81. The molecule has 18 heavy (non-hydrogen) atoms. The summed E-state index contributed by atoms with van der Waals surface area (Å²) >= 11 is 0. The highest BCUT2D eigenvalue weighted by Gasteiger charge is 2.06. The summed E-state index contributed by atoms with van der Waals surface area (Å²) in [6.45, 7) is 10.4. The van der Waals surface area contributed by atoms with E-state index in [9.17, 15) is 0 Å². The lowest BCUT2D eigenvalue weighted by molar-refractivity contribution is 0.251. The van der Waals surface area contributed by atoms with Gasteiger partial charge in [-0.1, -0.05) is 13.8 Å². The quantitative estimate of drug-likeness (QED) is 0.678. The number of rotatable bonds is 9. The molecular formula is C13H27N5. The van der Waals surface area contributed by atoms with Gasteiger partial charge in [-0.15, -0.1) is 0 Å². The first-order chi connectivity index (χ1) is 8.69. The summed E-state index contributed by atoms with van der Waals surface area (Å²) in [5.41, 5.74) is 0. The van der Waals surface area contributed by atoms with Gasteiger partial charge in [0.05, 0.1) is 6.54 Å². The highest BCUT2D eigenvalue weighted by Crippen LogP contribution is 1.99. The second-order valence-electron chi connectivity index (χ2n) is 4.81. The van der Waals surface area contributed by atoms with Crippen LogP contribution in [0.1, 0.15) is 39.4 Å². The van der Waals surface area contributed by atoms with E-state index in [4.69, 9.17) is 0 Å². The maximum Gasteiger partial charge on any atom is 0.140 e. The lowest BCUT2D eigenvalue weighted by Gasteiger charge is -2.23. The lowest BCUT2D eigenvalue weighted by Crippen LogP contribution is -2.35. The van der Waals surface area contributed by atoms with Crippen LogP contribution in [-0.2, 0) is 13.1 Å². The Morgan fingerprint density at radius 2 is 2.22 bits per heavy atom. The molecule has 0 aliphatic carbocycles. The van der Waals surface area contributed by atoms with E-state index in [0.29, 0.717) is 6.04 Å². The molecule has 0 saturated carbocycles. The molecule has 1 aromatic rings. The summed E-state index contributed by atoms with van der Waals surface area (Å²) in [5.74, 6) is 1.03. The molecule has 5 heteroatoms. The minimum atomic E-state index is 0.649. The summed E-state index contributed by atoms with van der Waals surface area (Å²) in [6.07, 6.45) is 3.92. The lowest BCUT2D eigenvalue weighted by atomic mass is 10.2. The van der Waals surface area contributed by atoms with Crippen molar-refractivity contribution in [2.24, 2.45) is 0 Å². The molecule has 104 valence electrons. The molecule has 0 fully saturated rings. The Balaban J connectivity index is 2.23. The van der Waals surface area contributed by atoms with Gasteiger partial charge >= 0.3 is 0 Å². The summed E-state index contributed by atoms with van der Waals surface area (Å²) in [5, 5.41) is 7.65. The van der Waals surface area contributed by atoms with E-state index >= 15 is 0 Å². The van der Waals surface area contributed by atoms with Gasteiger partial charge in [0, 0.05) is 25.7 Å². The fourth-order valence-electron chi connectivity index (χ4n) is 1.81. The van der Waals surface area contributed by atoms with Crippen molar-refractivity contribution in [2.45, 2.75) is 52.7 Å². The largest absolute Gasteiger partial charge is 0.309 e. The van der Waals surface area contributed by atoms with E-state index in [2.05, 4.69) is 48.1 Å². The van der Waals surface area contributed by atoms with Crippen molar-refractivity contribution in [2.75, 3.05) is 20.1 Å². The molecule has 1 rings (SSSR count). The zero-order chi connectivity index (χ0) is 13.4. The van der Waals surface area contributed by atoms with Crippen LogP contribution in [0.5, 0.6) is 0 Å². The summed E-state index contributed by atoms with van der Waals surface area (Å²) in [7, 11) is 2.18. The van der Waals surface area contributed by atoms with Crippen molar-refractivity contribution < 1.29 is 0 Å². The van der Waals surface area contributed by atoms with Crippen LogP contribution in [0.25, 0.3) is 0 Å². The van der Waals surface area contributed by atoms with E-state index in [1.807, 2.05) is 4.68 Å². The Morgan fingerprint density at radius 1 is 1.44 bits per heavy atom. The van der Waals surface area contributed by atoms with Gasteiger partial charge in [0.2, 0.25) is 0 Å². The predicted molar refractivity (Wildman–Crippen MR) is 74.4 cm³/mol. The minimum absolute atomic E-state index is 0.649. The van der Waals surface area contributed by atoms with Crippen LogP contribution in [0.2, 0.25) is 0 Å². The molecule has 1 atom stereocenters. The molecule has 0 aliphatic heterocycles. The van der Waals surface area contributed by atoms with Gasteiger partial charge in [-0.05, 0) is 26.8 Å². The highest BCUT2D eigenvalue weighted by molar-refractivity contribution is 4.83. The van der Waals surface area contributed by atoms with E-state index in [1.54, 1.807) is 6.33 Å². The van der Waals surface area contributed by atoms with Crippen LogP contribution in [-0.4, -0.2) is 45.8 Å². The third kappa shape index (κ3) is 4.74. The van der Waals surface area contributed by atoms with Gasteiger partial charge in [0.25, 0.3) is 0 Å². The maximum absolute atomic E-state index is 4.28. The van der Waals surface area contributed by atoms with E-state index in [-0.39, 0.29) is 0 Å². The zero-order valence-electron chi connectivity index (χ0n) is 12.2. The van der Waals surface area contributed by atoms with Crippen LogP contribution in [0.4, 0.5) is 0 Å². The summed E-state index contributed by atoms with van der Waals surface area (Å²) in [4.78, 5) is 6.66. The normalized spacial score (nSPS) is 13.2.